The fourth-order valence-electron chi connectivity index (χ4n) is 4.36. The zero-order valence-corrected chi connectivity index (χ0v) is 25.4. The number of carbonyl (C=O) groups excluding carboxylic acids is 1. The molecule has 7 nitrogen and oxygen atoms in total. The SMILES string of the molecule is CCO[Si](CCCCC(C)C(=O)C(C)CCCC[Si](OCC)(OCC)OCC)(OCC)OCC. The molecule has 2 atom stereocenters. The molecule has 0 saturated carbocycles. The van der Waals surface area contributed by atoms with Gasteiger partial charge >= 0.3 is 17.6 Å². The molecule has 0 aromatic carbocycles. The first kappa shape index (κ1) is 33.9. The Balaban J connectivity index is 4.48. The first-order chi connectivity index (χ1) is 16.3. The number of unbranched alkanes of at least 4 members (excludes halogenated alkanes) is 2. The molecule has 0 aliphatic rings. The van der Waals surface area contributed by atoms with E-state index in [-0.39, 0.29) is 11.8 Å². The molecule has 0 saturated heterocycles. The standard InChI is InChI=1S/C25H54O7Si2/c1-9-27-33(28-10-2,29-11-3)21-17-15-19-23(7)25(26)24(8)20-16-18-22-34(30-12-4,31-13-5)32-14-6/h23-24H,9-22H2,1-8H3. The third kappa shape index (κ3) is 13.2. The van der Waals surface area contributed by atoms with Gasteiger partial charge in [-0.25, -0.2) is 0 Å². The predicted octanol–water partition coefficient (Wildman–Crippen LogP) is 6.27. The highest BCUT2D eigenvalue weighted by atomic mass is 28.4. The van der Waals surface area contributed by atoms with E-state index in [4.69, 9.17) is 26.6 Å². The van der Waals surface area contributed by atoms with Crippen molar-refractivity contribution in [2.24, 2.45) is 11.8 Å². The van der Waals surface area contributed by atoms with Crippen LogP contribution in [0.4, 0.5) is 0 Å². The van der Waals surface area contributed by atoms with Crippen LogP contribution >= 0.6 is 0 Å². The monoisotopic (exact) mass is 522 g/mol. The van der Waals surface area contributed by atoms with Crippen LogP contribution in [0.3, 0.4) is 0 Å². The van der Waals surface area contributed by atoms with Crippen LogP contribution in [0.5, 0.6) is 0 Å². The molecule has 0 radical (unpaired) electrons. The summed E-state index contributed by atoms with van der Waals surface area (Å²) in [6, 6.07) is 1.62. The quantitative estimate of drug-likeness (QED) is 0.109. The summed E-state index contributed by atoms with van der Waals surface area (Å²) in [5, 5.41) is 0. The maximum atomic E-state index is 12.9. The van der Waals surface area contributed by atoms with Crippen LogP contribution in [0, 0.1) is 11.8 Å². The predicted molar refractivity (Wildman–Crippen MR) is 142 cm³/mol. The van der Waals surface area contributed by atoms with Gasteiger partial charge in [0, 0.05) is 63.6 Å². The van der Waals surface area contributed by atoms with Crippen molar-refractivity contribution in [3.8, 4) is 0 Å². The van der Waals surface area contributed by atoms with Gasteiger partial charge in [0.2, 0.25) is 0 Å². The minimum absolute atomic E-state index is 0.0705. The van der Waals surface area contributed by atoms with Crippen LogP contribution in [-0.2, 0) is 31.4 Å². The van der Waals surface area contributed by atoms with Crippen molar-refractivity contribution in [1.82, 2.24) is 0 Å². The van der Waals surface area contributed by atoms with Crippen molar-refractivity contribution in [3.63, 3.8) is 0 Å². The number of carbonyl (C=O) groups is 1. The van der Waals surface area contributed by atoms with Gasteiger partial charge in [-0.3, -0.25) is 4.79 Å². The van der Waals surface area contributed by atoms with E-state index in [1.165, 1.54) is 0 Å². The molecule has 0 N–H and O–H groups in total. The summed E-state index contributed by atoms with van der Waals surface area (Å²) in [7, 11) is -5.17. The number of rotatable bonds is 24. The van der Waals surface area contributed by atoms with Crippen LogP contribution in [-0.4, -0.2) is 63.0 Å². The van der Waals surface area contributed by atoms with Gasteiger partial charge in [-0.2, -0.15) is 0 Å². The zero-order valence-electron chi connectivity index (χ0n) is 23.4. The van der Waals surface area contributed by atoms with Crippen molar-refractivity contribution in [2.45, 2.75) is 106 Å². The van der Waals surface area contributed by atoms with E-state index in [0.29, 0.717) is 45.4 Å². The lowest BCUT2D eigenvalue weighted by atomic mass is 9.88. The van der Waals surface area contributed by atoms with Gasteiger partial charge in [-0.15, -0.1) is 0 Å². The summed E-state index contributed by atoms with van der Waals surface area (Å²) in [6.45, 7) is 19.6. The Labute approximate surface area is 212 Å². The first-order valence-corrected chi connectivity index (χ1v) is 17.5. The van der Waals surface area contributed by atoms with Crippen LogP contribution in [0.25, 0.3) is 0 Å². The molecule has 2 unspecified atom stereocenters. The minimum atomic E-state index is -2.58. The highest BCUT2D eigenvalue weighted by Crippen LogP contribution is 2.25. The molecule has 0 bridgehead atoms. The molecule has 0 aliphatic carbocycles. The Morgan fingerprint density at radius 3 is 1.03 bits per heavy atom. The van der Waals surface area contributed by atoms with E-state index in [0.717, 1.165) is 50.6 Å². The second-order valence-electron chi connectivity index (χ2n) is 8.66. The average molecular weight is 523 g/mol. The number of hydrogen-bond acceptors (Lipinski definition) is 7. The Kier molecular flexibility index (Phi) is 19.9. The van der Waals surface area contributed by atoms with Crippen LogP contribution in [0.1, 0.15) is 93.9 Å². The van der Waals surface area contributed by atoms with E-state index in [9.17, 15) is 4.79 Å². The third-order valence-electron chi connectivity index (χ3n) is 5.90. The maximum absolute atomic E-state index is 12.9. The van der Waals surface area contributed by atoms with Crippen molar-refractivity contribution >= 4 is 23.4 Å². The highest BCUT2D eigenvalue weighted by molar-refractivity contribution is 6.61. The lowest BCUT2D eigenvalue weighted by Gasteiger charge is -2.28. The summed E-state index contributed by atoms with van der Waals surface area (Å²) < 4.78 is 35.6. The van der Waals surface area contributed by atoms with E-state index < -0.39 is 17.6 Å². The number of ketones is 1. The van der Waals surface area contributed by atoms with Crippen LogP contribution < -0.4 is 0 Å². The molecule has 0 rings (SSSR count). The molecule has 0 amide bonds. The van der Waals surface area contributed by atoms with E-state index in [1.54, 1.807) is 0 Å². The van der Waals surface area contributed by atoms with Crippen LogP contribution in [0.2, 0.25) is 12.1 Å². The molecule has 34 heavy (non-hydrogen) atoms. The number of hydrogen-bond donors (Lipinski definition) is 0. The van der Waals surface area contributed by atoms with Crippen molar-refractivity contribution in [3.05, 3.63) is 0 Å². The maximum Gasteiger partial charge on any atom is 0.500 e. The first-order valence-electron chi connectivity index (χ1n) is 13.7. The van der Waals surface area contributed by atoms with Gasteiger partial charge in [0.05, 0.1) is 0 Å². The van der Waals surface area contributed by atoms with E-state index >= 15 is 0 Å². The highest BCUT2D eigenvalue weighted by Gasteiger charge is 2.40. The molecule has 0 heterocycles. The molecule has 9 heteroatoms. The Morgan fingerprint density at radius 1 is 0.529 bits per heavy atom. The molecule has 0 aliphatic heterocycles. The van der Waals surface area contributed by atoms with Crippen molar-refractivity contribution in [1.29, 1.82) is 0 Å². The van der Waals surface area contributed by atoms with E-state index in [1.807, 2.05) is 41.5 Å². The second-order valence-corrected chi connectivity index (χ2v) is 14.1. The van der Waals surface area contributed by atoms with Gasteiger partial charge in [0.25, 0.3) is 0 Å². The van der Waals surface area contributed by atoms with Gasteiger partial charge in [-0.05, 0) is 67.2 Å². The second kappa shape index (κ2) is 20.0. The van der Waals surface area contributed by atoms with E-state index in [2.05, 4.69) is 13.8 Å². The van der Waals surface area contributed by atoms with Crippen molar-refractivity contribution < 1.29 is 31.4 Å². The summed E-state index contributed by atoms with van der Waals surface area (Å²) in [5.74, 6) is 0.507. The summed E-state index contributed by atoms with van der Waals surface area (Å²) >= 11 is 0. The Hall–Kier alpha value is -0.136. The Bertz CT molecular complexity index is 432. The van der Waals surface area contributed by atoms with Gasteiger partial charge in [0.15, 0.2) is 0 Å². The normalized spacial score (nSPS) is 14.4. The fraction of sp³-hybridized carbons (Fsp3) is 0.960. The molecule has 0 spiro atoms. The largest absolute Gasteiger partial charge is 0.500 e. The van der Waals surface area contributed by atoms with Gasteiger partial charge < -0.3 is 26.6 Å². The third-order valence-corrected chi connectivity index (χ3v) is 12.2. The van der Waals surface area contributed by atoms with Crippen molar-refractivity contribution in [2.75, 3.05) is 39.6 Å². The minimum Gasteiger partial charge on any atom is -0.374 e. The summed E-state index contributed by atoms with van der Waals surface area (Å²) in [5.41, 5.74) is 0. The zero-order chi connectivity index (χ0) is 25.9. The molecule has 204 valence electrons. The molecule has 0 aromatic heterocycles. The molecular formula is C25H54O7Si2. The van der Waals surface area contributed by atoms with Crippen LogP contribution in [0.15, 0.2) is 0 Å². The molecule has 0 fully saturated rings. The average Bonchev–Trinajstić information content (AvgIpc) is 2.80. The topological polar surface area (TPSA) is 72.5 Å². The fourth-order valence-corrected chi connectivity index (χ4v) is 9.73. The smallest absolute Gasteiger partial charge is 0.374 e. The lowest BCUT2D eigenvalue weighted by Crippen LogP contribution is -2.45. The van der Waals surface area contributed by atoms with Gasteiger partial charge in [-0.1, -0.05) is 26.7 Å². The summed E-state index contributed by atoms with van der Waals surface area (Å²) in [6.07, 6.45) is 5.66. The lowest BCUT2D eigenvalue weighted by molar-refractivity contribution is -0.126. The Morgan fingerprint density at radius 2 is 0.794 bits per heavy atom. The molecule has 0 aromatic rings. The number of Topliss-reactive ketones (excluding diaryl/α,β-unsaturated/α-hetero) is 1. The van der Waals surface area contributed by atoms with Gasteiger partial charge in [0.1, 0.15) is 5.78 Å². The summed E-state index contributed by atoms with van der Waals surface area (Å²) in [4.78, 5) is 12.9. The molecular weight excluding hydrogens is 468 g/mol.